The van der Waals surface area contributed by atoms with Gasteiger partial charge in [0, 0.05) is 18.8 Å². The van der Waals surface area contributed by atoms with E-state index in [0.29, 0.717) is 19.5 Å². The third-order valence-corrected chi connectivity index (χ3v) is 5.26. The minimum absolute atomic E-state index is 0.0720. The Hall–Kier alpha value is -2.24. The molecule has 1 aromatic rings. The number of aryl methyl sites for hydroxylation is 1. The number of carbonyl (C=O) groups excluding carboxylic acids is 1. The van der Waals surface area contributed by atoms with Crippen LogP contribution in [0.4, 0.5) is 10.5 Å². The number of rotatable bonds is 3. The van der Waals surface area contributed by atoms with Gasteiger partial charge >= 0.3 is 12.0 Å². The number of carbonyl (C=O) groups is 2. The van der Waals surface area contributed by atoms with Crippen LogP contribution >= 0.6 is 0 Å². The lowest BCUT2D eigenvalue weighted by Gasteiger charge is -2.23. The third-order valence-electron chi connectivity index (χ3n) is 5.26. The summed E-state index contributed by atoms with van der Waals surface area (Å²) in [4.78, 5) is 25.8. The van der Waals surface area contributed by atoms with Crippen LogP contribution in [0.2, 0.25) is 0 Å². The molecule has 2 amide bonds. The number of aliphatic carboxylic acids is 1. The fourth-order valence-corrected chi connectivity index (χ4v) is 3.89. The summed E-state index contributed by atoms with van der Waals surface area (Å²) in [7, 11) is 1.60. The molecule has 0 aromatic heterocycles. The molecular weight excluding hydrogens is 296 g/mol. The Balaban J connectivity index is 1.72. The van der Waals surface area contributed by atoms with Crippen LogP contribution in [-0.4, -0.2) is 42.2 Å². The van der Waals surface area contributed by atoms with E-state index in [2.05, 4.69) is 5.32 Å². The van der Waals surface area contributed by atoms with Gasteiger partial charge in [-0.25, -0.2) is 4.79 Å². The molecule has 1 aromatic carbocycles. The highest BCUT2D eigenvalue weighted by atomic mass is 16.5. The van der Waals surface area contributed by atoms with Crippen LogP contribution in [0.1, 0.15) is 24.8 Å². The molecule has 2 aliphatic rings. The van der Waals surface area contributed by atoms with Gasteiger partial charge in [-0.2, -0.15) is 0 Å². The Kier molecular flexibility index (Phi) is 3.92. The molecule has 1 aliphatic carbocycles. The first-order valence-corrected chi connectivity index (χ1v) is 7.90. The van der Waals surface area contributed by atoms with Crippen LogP contribution < -0.4 is 10.1 Å². The van der Waals surface area contributed by atoms with Crippen molar-refractivity contribution in [2.45, 2.75) is 26.2 Å². The van der Waals surface area contributed by atoms with Gasteiger partial charge in [0.1, 0.15) is 5.75 Å². The first-order chi connectivity index (χ1) is 11.0. The van der Waals surface area contributed by atoms with Crippen molar-refractivity contribution < 1.29 is 19.4 Å². The second kappa shape index (κ2) is 5.76. The maximum absolute atomic E-state index is 12.5. The monoisotopic (exact) mass is 318 g/mol. The van der Waals surface area contributed by atoms with E-state index in [-0.39, 0.29) is 11.9 Å². The third kappa shape index (κ3) is 2.62. The minimum Gasteiger partial charge on any atom is -0.497 e. The molecule has 6 nitrogen and oxygen atoms in total. The number of benzene rings is 1. The number of anilines is 1. The first-order valence-electron chi connectivity index (χ1n) is 7.90. The van der Waals surface area contributed by atoms with Crippen molar-refractivity contribution in [3.05, 3.63) is 23.8 Å². The van der Waals surface area contributed by atoms with Gasteiger partial charge in [-0.15, -0.1) is 0 Å². The summed E-state index contributed by atoms with van der Waals surface area (Å²) in [5.41, 5.74) is 0.883. The van der Waals surface area contributed by atoms with E-state index in [4.69, 9.17) is 4.74 Å². The van der Waals surface area contributed by atoms with E-state index in [1.807, 2.05) is 13.0 Å². The lowest BCUT2D eigenvalue weighted by molar-refractivity contribution is -0.149. The molecule has 1 saturated carbocycles. The zero-order valence-corrected chi connectivity index (χ0v) is 13.5. The predicted octanol–water partition coefficient (Wildman–Crippen LogP) is 2.72. The molecule has 124 valence electrons. The van der Waals surface area contributed by atoms with Gasteiger partial charge in [-0.3, -0.25) is 4.79 Å². The molecule has 2 atom stereocenters. The fourth-order valence-electron chi connectivity index (χ4n) is 3.89. The molecule has 0 spiro atoms. The molecule has 23 heavy (non-hydrogen) atoms. The smallest absolute Gasteiger partial charge is 0.321 e. The second-order valence-electron chi connectivity index (χ2n) is 6.54. The number of urea groups is 1. The van der Waals surface area contributed by atoms with Gasteiger partial charge in [0.2, 0.25) is 0 Å². The van der Waals surface area contributed by atoms with Crippen molar-refractivity contribution in [2.24, 2.45) is 11.3 Å². The summed E-state index contributed by atoms with van der Waals surface area (Å²) in [6.07, 6.45) is 2.49. The lowest BCUT2D eigenvalue weighted by Crippen LogP contribution is -2.38. The number of likely N-dealkylation sites (tertiary alicyclic amines) is 1. The topological polar surface area (TPSA) is 78.9 Å². The summed E-state index contributed by atoms with van der Waals surface area (Å²) >= 11 is 0. The van der Waals surface area contributed by atoms with Crippen LogP contribution in [0, 0.1) is 18.3 Å². The molecule has 1 aliphatic heterocycles. The molecule has 0 unspecified atom stereocenters. The Bertz CT molecular complexity index is 645. The van der Waals surface area contributed by atoms with Gasteiger partial charge in [-0.1, -0.05) is 6.42 Å². The predicted molar refractivity (Wildman–Crippen MR) is 85.7 cm³/mol. The van der Waals surface area contributed by atoms with Gasteiger partial charge in [0.15, 0.2) is 0 Å². The van der Waals surface area contributed by atoms with Crippen LogP contribution in [0.3, 0.4) is 0 Å². The highest BCUT2D eigenvalue weighted by molar-refractivity contribution is 5.91. The SMILES string of the molecule is COc1ccc(NC(=O)N2C[C@@H]3CCC[C@@]3(C(=O)O)C2)c(C)c1. The summed E-state index contributed by atoms with van der Waals surface area (Å²) < 4.78 is 5.16. The van der Waals surface area contributed by atoms with Gasteiger partial charge < -0.3 is 20.1 Å². The number of methoxy groups -OCH3 is 1. The lowest BCUT2D eigenvalue weighted by atomic mass is 9.81. The molecule has 0 bridgehead atoms. The minimum atomic E-state index is -0.768. The number of fused-ring (bicyclic) bond motifs is 1. The maximum Gasteiger partial charge on any atom is 0.321 e. The highest BCUT2D eigenvalue weighted by Crippen LogP contribution is 2.48. The van der Waals surface area contributed by atoms with E-state index in [0.717, 1.165) is 29.8 Å². The molecular formula is C17H22N2O4. The van der Waals surface area contributed by atoms with Gasteiger partial charge in [-0.05, 0) is 49.4 Å². The Morgan fingerprint density at radius 1 is 1.43 bits per heavy atom. The first kappa shape index (κ1) is 15.6. The van der Waals surface area contributed by atoms with Crippen LogP contribution in [0.5, 0.6) is 5.75 Å². The number of hydrogen-bond donors (Lipinski definition) is 2. The Morgan fingerprint density at radius 3 is 2.83 bits per heavy atom. The average molecular weight is 318 g/mol. The molecule has 3 rings (SSSR count). The number of amides is 2. The second-order valence-corrected chi connectivity index (χ2v) is 6.54. The van der Waals surface area contributed by atoms with Crippen molar-refractivity contribution in [3.63, 3.8) is 0 Å². The van der Waals surface area contributed by atoms with Crippen molar-refractivity contribution >= 4 is 17.7 Å². The number of carboxylic acid groups (broad SMARTS) is 1. The number of carboxylic acids is 1. The largest absolute Gasteiger partial charge is 0.497 e. The summed E-state index contributed by atoms with van der Waals surface area (Å²) in [6, 6.07) is 5.22. The van der Waals surface area contributed by atoms with Crippen molar-refractivity contribution in [2.75, 3.05) is 25.5 Å². The van der Waals surface area contributed by atoms with E-state index in [9.17, 15) is 14.7 Å². The van der Waals surface area contributed by atoms with Crippen LogP contribution in [-0.2, 0) is 4.79 Å². The van der Waals surface area contributed by atoms with E-state index >= 15 is 0 Å². The van der Waals surface area contributed by atoms with Crippen molar-refractivity contribution in [1.82, 2.24) is 4.90 Å². The molecule has 6 heteroatoms. The van der Waals surface area contributed by atoms with Crippen molar-refractivity contribution in [1.29, 1.82) is 0 Å². The van der Waals surface area contributed by atoms with Gasteiger partial charge in [0.25, 0.3) is 0 Å². The molecule has 0 radical (unpaired) electrons. The van der Waals surface area contributed by atoms with E-state index in [1.165, 1.54) is 0 Å². The summed E-state index contributed by atoms with van der Waals surface area (Å²) in [5.74, 6) is 0.0414. The standard InChI is InChI=1S/C17H22N2O4/c1-11-8-13(23-2)5-6-14(11)18-16(22)19-9-12-4-3-7-17(12,10-19)15(20)21/h5-6,8,12H,3-4,7,9-10H2,1-2H3,(H,18,22)(H,20,21)/t12-,17+/m0/s1. The Labute approximate surface area is 135 Å². The van der Waals surface area contributed by atoms with Crippen molar-refractivity contribution in [3.8, 4) is 5.75 Å². The maximum atomic E-state index is 12.5. The molecule has 1 saturated heterocycles. The highest BCUT2D eigenvalue weighted by Gasteiger charge is 2.55. The van der Waals surface area contributed by atoms with Gasteiger partial charge in [0.05, 0.1) is 12.5 Å². The quantitative estimate of drug-likeness (QED) is 0.898. The number of hydrogen-bond acceptors (Lipinski definition) is 3. The zero-order valence-electron chi connectivity index (χ0n) is 13.5. The van der Waals surface area contributed by atoms with Crippen LogP contribution in [0.15, 0.2) is 18.2 Å². The number of ether oxygens (including phenoxy) is 1. The zero-order chi connectivity index (χ0) is 16.6. The fraction of sp³-hybridized carbons (Fsp3) is 0.529. The molecule has 2 fully saturated rings. The van der Waals surface area contributed by atoms with E-state index < -0.39 is 11.4 Å². The molecule has 2 N–H and O–H groups in total. The normalized spacial score (nSPS) is 26.0. The Morgan fingerprint density at radius 2 is 2.22 bits per heavy atom. The molecule has 1 heterocycles. The summed E-state index contributed by atoms with van der Waals surface area (Å²) in [5, 5.41) is 12.5. The average Bonchev–Trinajstić information content (AvgIpc) is 3.07. The van der Waals surface area contributed by atoms with E-state index in [1.54, 1.807) is 24.1 Å². The number of nitrogens with one attached hydrogen (secondary N) is 1. The van der Waals surface area contributed by atoms with Crippen LogP contribution in [0.25, 0.3) is 0 Å². The summed E-state index contributed by atoms with van der Waals surface area (Å²) in [6.45, 7) is 2.72. The number of nitrogens with zero attached hydrogens (tertiary/aromatic N) is 1.